The Balaban J connectivity index is 2.71. The zero-order valence-electron chi connectivity index (χ0n) is 13.3. The molecule has 18 heavy (non-hydrogen) atoms. The summed E-state index contributed by atoms with van der Waals surface area (Å²) in [5, 5.41) is 3.46. The van der Waals surface area contributed by atoms with Crippen LogP contribution < -0.4 is 5.32 Å². The van der Waals surface area contributed by atoms with Crippen LogP contribution in [0.2, 0.25) is 0 Å². The van der Waals surface area contributed by atoms with Gasteiger partial charge in [-0.15, -0.1) is 0 Å². The third-order valence-electron chi connectivity index (χ3n) is 4.90. The Morgan fingerprint density at radius 1 is 1.39 bits per heavy atom. The topological polar surface area (TPSA) is 15.3 Å². The predicted molar refractivity (Wildman–Crippen MR) is 81.0 cm³/mol. The van der Waals surface area contributed by atoms with Crippen LogP contribution in [0.25, 0.3) is 0 Å². The lowest BCUT2D eigenvalue weighted by Crippen LogP contribution is -2.48. The van der Waals surface area contributed by atoms with Crippen molar-refractivity contribution in [1.82, 2.24) is 10.2 Å². The highest BCUT2D eigenvalue weighted by Gasteiger charge is 2.36. The monoisotopic (exact) mass is 254 g/mol. The molecule has 0 aromatic rings. The lowest BCUT2D eigenvalue weighted by atomic mass is 9.69. The fourth-order valence-corrected chi connectivity index (χ4v) is 3.77. The van der Waals surface area contributed by atoms with Gasteiger partial charge in [-0.2, -0.15) is 0 Å². The molecule has 2 heteroatoms. The van der Waals surface area contributed by atoms with Crippen molar-refractivity contribution in [2.75, 3.05) is 26.7 Å². The van der Waals surface area contributed by atoms with Crippen LogP contribution in [0, 0.1) is 11.3 Å². The van der Waals surface area contributed by atoms with E-state index in [4.69, 9.17) is 0 Å². The minimum atomic E-state index is 0.520. The van der Waals surface area contributed by atoms with Crippen LogP contribution >= 0.6 is 0 Å². The second kappa shape index (κ2) is 7.49. The summed E-state index contributed by atoms with van der Waals surface area (Å²) < 4.78 is 0. The summed E-state index contributed by atoms with van der Waals surface area (Å²) in [6, 6.07) is 0.723. The third-order valence-corrected chi connectivity index (χ3v) is 4.90. The Kier molecular flexibility index (Phi) is 6.65. The molecule has 1 aliphatic carbocycles. The molecule has 0 saturated heterocycles. The number of rotatable bonds is 7. The summed E-state index contributed by atoms with van der Waals surface area (Å²) in [6.07, 6.45) is 6.92. The molecule has 0 bridgehead atoms. The van der Waals surface area contributed by atoms with E-state index in [2.05, 4.69) is 45.0 Å². The van der Waals surface area contributed by atoms with Crippen molar-refractivity contribution in [2.45, 2.75) is 65.8 Å². The van der Waals surface area contributed by atoms with E-state index >= 15 is 0 Å². The molecular weight excluding hydrogens is 220 g/mol. The maximum absolute atomic E-state index is 3.46. The van der Waals surface area contributed by atoms with E-state index in [9.17, 15) is 0 Å². The molecule has 0 aliphatic heterocycles. The van der Waals surface area contributed by atoms with Gasteiger partial charge >= 0.3 is 0 Å². The first-order chi connectivity index (χ1) is 8.56. The largest absolute Gasteiger partial charge is 0.319 e. The van der Waals surface area contributed by atoms with E-state index in [1.54, 1.807) is 0 Å². The first-order valence-electron chi connectivity index (χ1n) is 7.95. The summed E-state index contributed by atoms with van der Waals surface area (Å²) in [6.45, 7) is 13.1. The lowest BCUT2D eigenvalue weighted by molar-refractivity contribution is 0.0647. The van der Waals surface area contributed by atoms with Gasteiger partial charge in [0.05, 0.1) is 0 Å². The Hall–Kier alpha value is -0.0800. The Labute approximate surface area is 115 Å². The van der Waals surface area contributed by atoms with Crippen molar-refractivity contribution >= 4 is 0 Å². The van der Waals surface area contributed by atoms with Crippen LogP contribution in [-0.2, 0) is 0 Å². The van der Waals surface area contributed by atoms with Crippen LogP contribution in [-0.4, -0.2) is 37.6 Å². The highest BCUT2D eigenvalue weighted by atomic mass is 15.2. The maximum atomic E-state index is 3.46. The number of nitrogens with zero attached hydrogens (tertiary/aromatic N) is 1. The third kappa shape index (κ3) is 4.24. The van der Waals surface area contributed by atoms with E-state index in [1.807, 2.05) is 0 Å². The molecule has 0 radical (unpaired) electrons. The molecule has 0 spiro atoms. The molecule has 1 rings (SSSR count). The van der Waals surface area contributed by atoms with Crippen LogP contribution in [0.3, 0.4) is 0 Å². The van der Waals surface area contributed by atoms with Crippen molar-refractivity contribution < 1.29 is 0 Å². The molecule has 3 unspecified atom stereocenters. The lowest BCUT2D eigenvalue weighted by Gasteiger charge is -2.44. The number of hydrogen-bond donors (Lipinski definition) is 1. The quantitative estimate of drug-likeness (QED) is 0.748. The van der Waals surface area contributed by atoms with Gasteiger partial charge in [-0.05, 0) is 51.1 Å². The molecule has 1 N–H and O–H groups in total. The van der Waals surface area contributed by atoms with Gasteiger partial charge in [-0.3, -0.25) is 0 Å². The molecule has 3 atom stereocenters. The van der Waals surface area contributed by atoms with Gasteiger partial charge in [0.2, 0.25) is 0 Å². The van der Waals surface area contributed by atoms with E-state index in [1.165, 1.54) is 51.7 Å². The van der Waals surface area contributed by atoms with Gasteiger partial charge in [0.25, 0.3) is 0 Å². The first-order valence-corrected chi connectivity index (χ1v) is 7.95. The molecule has 0 aromatic carbocycles. The minimum absolute atomic E-state index is 0.520. The van der Waals surface area contributed by atoms with Crippen molar-refractivity contribution in [1.29, 1.82) is 0 Å². The molecule has 0 heterocycles. The molecule has 0 amide bonds. The van der Waals surface area contributed by atoms with Crippen LogP contribution in [0.5, 0.6) is 0 Å². The minimum Gasteiger partial charge on any atom is -0.319 e. The summed E-state index contributed by atoms with van der Waals surface area (Å²) in [5.41, 5.74) is 0.520. The van der Waals surface area contributed by atoms with Crippen LogP contribution in [0.15, 0.2) is 0 Å². The Morgan fingerprint density at radius 3 is 2.61 bits per heavy atom. The highest BCUT2D eigenvalue weighted by Crippen LogP contribution is 2.40. The van der Waals surface area contributed by atoms with Gasteiger partial charge in [-0.25, -0.2) is 0 Å². The molecule has 1 fully saturated rings. The SMILES string of the molecule is CCC(C)N(CC)CC1(CNC)CCCC(C)C1. The standard InChI is InChI=1S/C16H34N2/c1-6-15(4)18(7-2)13-16(12-17-5)10-8-9-14(3)11-16/h14-15,17H,6-13H2,1-5H3. The van der Waals surface area contributed by atoms with Crippen LogP contribution in [0.4, 0.5) is 0 Å². The van der Waals surface area contributed by atoms with Gasteiger partial charge in [0, 0.05) is 19.1 Å². The zero-order valence-corrected chi connectivity index (χ0v) is 13.3. The number of nitrogens with one attached hydrogen (secondary N) is 1. The Bertz CT molecular complexity index is 225. The van der Waals surface area contributed by atoms with Crippen LogP contribution in [0.1, 0.15) is 59.8 Å². The van der Waals surface area contributed by atoms with E-state index in [0.29, 0.717) is 5.41 Å². The fourth-order valence-electron chi connectivity index (χ4n) is 3.77. The highest BCUT2D eigenvalue weighted by molar-refractivity contribution is 4.90. The van der Waals surface area contributed by atoms with Gasteiger partial charge in [-0.1, -0.05) is 33.6 Å². The molecule has 2 nitrogen and oxygen atoms in total. The summed E-state index contributed by atoms with van der Waals surface area (Å²) >= 11 is 0. The van der Waals surface area contributed by atoms with E-state index < -0.39 is 0 Å². The zero-order chi connectivity index (χ0) is 13.6. The average molecular weight is 254 g/mol. The molecule has 108 valence electrons. The molecular formula is C16H34N2. The van der Waals surface area contributed by atoms with Gasteiger partial charge in [0.1, 0.15) is 0 Å². The van der Waals surface area contributed by atoms with Crippen molar-refractivity contribution in [2.24, 2.45) is 11.3 Å². The van der Waals surface area contributed by atoms with Crippen molar-refractivity contribution in [3.63, 3.8) is 0 Å². The van der Waals surface area contributed by atoms with Crippen molar-refractivity contribution in [3.8, 4) is 0 Å². The second-order valence-electron chi connectivity index (χ2n) is 6.55. The van der Waals surface area contributed by atoms with E-state index in [-0.39, 0.29) is 0 Å². The average Bonchev–Trinajstić information content (AvgIpc) is 2.35. The summed E-state index contributed by atoms with van der Waals surface area (Å²) in [5.74, 6) is 0.905. The Morgan fingerprint density at radius 2 is 2.11 bits per heavy atom. The molecule has 1 saturated carbocycles. The van der Waals surface area contributed by atoms with Gasteiger partial charge < -0.3 is 10.2 Å². The summed E-state index contributed by atoms with van der Waals surface area (Å²) in [7, 11) is 2.11. The second-order valence-corrected chi connectivity index (χ2v) is 6.55. The smallest absolute Gasteiger partial charge is 0.00644 e. The fraction of sp³-hybridized carbons (Fsp3) is 1.00. The first kappa shape index (κ1) is 16.0. The molecule has 0 aromatic heterocycles. The maximum Gasteiger partial charge on any atom is 0.00644 e. The predicted octanol–water partition coefficient (Wildman–Crippen LogP) is 3.52. The number of hydrogen-bond acceptors (Lipinski definition) is 2. The molecule has 1 aliphatic rings. The normalized spacial score (nSPS) is 30.7. The van der Waals surface area contributed by atoms with Gasteiger partial charge in [0.15, 0.2) is 0 Å². The van der Waals surface area contributed by atoms with E-state index in [0.717, 1.165) is 12.0 Å². The summed E-state index contributed by atoms with van der Waals surface area (Å²) in [4.78, 5) is 2.69. The van der Waals surface area contributed by atoms with Crippen molar-refractivity contribution in [3.05, 3.63) is 0 Å².